The van der Waals surface area contributed by atoms with Crippen molar-refractivity contribution in [3.63, 3.8) is 0 Å². The first-order chi connectivity index (χ1) is 57.1. The topological polar surface area (TPSA) is 23.9 Å². The minimum absolute atomic E-state index is 0.355. The zero-order valence-corrected chi connectivity index (χ0v) is 62.8. The molecule has 23 rings (SSSR count). The van der Waals surface area contributed by atoms with Gasteiger partial charge in [0, 0.05) is 84.0 Å². The monoisotopic (exact) mass is 1460 g/mol. The van der Waals surface area contributed by atoms with Gasteiger partial charge in [-0.3, -0.25) is 0 Å². The summed E-state index contributed by atoms with van der Waals surface area (Å²) in [6, 6.07) is 158. The summed E-state index contributed by atoms with van der Waals surface area (Å²) in [5, 5.41) is 2.41. The Balaban J connectivity index is 0.911. The maximum atomic E-state index is 8.47. The number of rotatable bonds is 12. The summed E-state index contributed by atoms with van der Waals surface area (Å²) in [4.78, 5) is 7.97. The van der Waals surface area contributed by atoms with E-state index in [9.17, 15) is 0 Å². The van der Waals surface area contributed by atoms with Gasteiger partial charge in [-0.05, 0) is 143 Å². The molecule has 4 aliphatic heterocycles. The number of ether oxygens (including phenoxy) is 1. The number of benzene rings is 18. The molecule has 7 heteroatoms. The second-order valence-corrected chi connectivity index (χ2v) is 30.4. The number of aromatic nitrogens is 1. The third-order valence-electron chi connectivity index (χ3n) is 24.2. The van der Waals surface area contributed by atoms with E-state index in [-0.39, 0.29) is 6.71 Å². The minimum atomic E-state index is -0.447. The fourth-order valence-electron chi connectivity index (χ4n) is 19.3. The van der Waals surface area contributed by atoms with E-state index in [0.717, 1.165) is 196 Å². The Bertz CT molecular complexity index is 6840. The summed E-state index contributed by atoms with van der Waals surface area (Å²) in [6.45, 7) is -0.802. The molecule has 0 fully saturated rings. The van der Waals surface area contributed by atoms with Gasteiger partial charge in [0.05, 0.1) is 28.1 Å². The van der Waals surface area contributed by atoms with Crippen LogP contribution in [-0.2, 0) is 0 Å². The summed E-state index contributed by atoms with van der Waals surface area (Å²) in [5.41, 5.74) is 37.5. The zero-order chi connectivity index (χ0) is 75.6. The van der Waals surface area contributed by atoms with Gasteiger partial charge in [-0.15, -0.1) is 0 Å². The fraction of sp³-hybridized carbons (Fsp3) is 0. The highest BCUT2D eigenvalue weighted by molar-refractivity contribution is 7.03. The van der Waals surface area contributed by atoms with Crippen molar-refractivity contribution >= 4 is 119 Å². The van der Waals surface area contributed by atoms with Crippen molar-refractivity contribution in [1.82, 2.24) is 4.57 Å². The first kappa shape index (κ1) is 65.9. The molecule has 19 aromatic rings. The highest BCUT2D eigenvalue weighted by Gasteiger charge is 2.52. The third kappa shape index (κ3) is 10.5. The number of fused-ring (bicyclic) bond motifs is 12. The Morgan fingerprint density at radius 3 is 0.974 bits per heavy atom. The predicted octanol–water partition coefficient (Wildman–Crippen LogP) is 24.6. The molecule has 0 spiro atoms. The van der Waals surface area contributed by atoms with Crippen LogP contribution in [0.15, 0.2) is 425 Å². The lowest BCUT2D eigenvalue weighted by Crippen LogP contribution is -2.65. The van der Waals surface area contributed by atoms with Gasteiger partial charge in [0.15, 0.2) is 0 Å². The van der Waals surface area contributed by atoms with Crippen LogP contribution in [0.5, 0.6) is 11.5 Å². The van der Waals surface area contributed by atoms with Gasteiger partial charge in [0.2, 0.25) is 0 Å². The molecule has 0 atom stereocenters. The van der Waals surface area contributed by atoms with Crippen LogP contribution >= 0.6 is 0 Å². The van der Waals surface area contributed by atoms with Gasteiger partial charge in [-0.1, -0.05) is 370 Å². The van der Waals surface area contributed by atoms with E-state index < -0.39 is 6.71 Å². The molecule has 0 unspecified atom stereocenters. The van der Waals surface area contributed by atoms with E-state index in [1.54, 1.807) is 0 Å². The summed E-state index contributed by atoms with van der Waals surface area (Å²) >= 11 is 0. The second kappa shape index (κ2) is 26.9. The van der Waals surface area contributed by atoms with Crippen LogP contribution in [0.4, 0.5) is 51.2 Å². The smallest absolute Gasteiger partial charge is 0.256 e. The number of nitrogens with zero attached hydrogens (tertiary/aromatic N) is 4. The summed E-state index contributed by atoms with van der Waals surface area (Å²) < 4.78 is 11.0. The molecule has 534 valence electrons. The van der Waals surface area contributed by atoms with E-state index in [0.29, 0.717) is 0 Å². The van der Waals surface area contributed by atoms with Gasteiger partial charge in [-0.25, -0.2) is 0 Å². The Kier molecular flexibility index (Phi) is 15.5. The molecule has 115 heavy (non-hydrogen) atoms. The van der Waals surface area contributed by atoms with Gasteiger partial charge < -0.3 is 24.0 Å². The van der Waals surface area contributed by atoms with Gasteiger partial charge >= 0.3 is 0 Å². The van der Waals surface area contributed by atoms with Crippen molar-refractivity contribution in [3.05, 3.63) is 425 Å². The molecule has 4 aliphatic rings. The zero-order valence-electron chi connectivity index (χ0n) is 62.8. The highest BCUT2D eigenvalue weighted by Crippen LogP contribution is 2.57. The number of para-hydroxylation sites is 5. The van der Waals surface area contributed by atoms with Crippen LogP contribution in [0.1, 0.15) is 0 Å². The Morgan fingerprint density at radius 1 is 0.200 bits per heavy atom. The number of anilines is 9. The van der Waals surface area contributed by atoms with Crippen molar-refractivity contribution in [2.75, 3.05) is 14.7 Å². The number of hydrogen-bond acceptors (Lipinski definition) is 4. The quantitative estimate of drug-likeness (QED) is 0.114. The summed E-state index contributed by atoms with van der Waals surface area (Å²) in [6.07, 6.45) is 0. The molecule has 18 aromatic carbocycles. The fourth-order valence-corrected chi connectivity index (χ4v) is 19.3. The maximum Gasteiger partial charge on any atom is 0.256 e. The first-order valence-corrected chi connectivity index (χ1v) is 39.8. The molecule has 0 amide bonds. The van der Waals surface area contributed by atoms with Crippen LogP contribution in [0.2, 0.25) is 0 Å². The largest absolute Gasteiger partial charge is 0.459 e. The van der Waals surface area contributed by atoms with Crippen molar-refractivity contribution in [3.8, 4) is 106 Å². The summed E-state index contributed by atoms with van der Waals surface area (Å²) in [5.74, 6) is 1.66. The standard InChI is InChI=1S/C108H70B2N4O/c1-9-33-71(34-10-1)79-61-65-95-91(67-79)109-92-68-80(72-35-11-2-12-36-72)62-66-101(92)115-108-103(109)99(112(95)105-82(73-37-13-3-14-38-73)51-29-52-83(105)74-39-15-4-16-40-74)70-100-104(108)110-90-64-63-81(111-93-57-27-25-49-88(93)89-50-26-28-58-94(89)111)69-98(90)113(106-84(75-41-17-5-18-42-75)53-30-54-85(106)76-43-19-6-20-44-76)96-59-32-60-97(102(96)110)114(100)107-86(77-45-21-7-22-46-77)55-31-56-87(107)78-47-23-8-24-48-78/h1-70H. The predicted molar refractivity (Wildman–Crippen MR) is 484 cm³/mol. The Labute approximate surface area is 669 Å². The van der Waals surface area contributed by atoms with Crippen molar-refractivity contribution in [2.24, 2.45) is 0 Å². The van der Waals surface area contributed by atoms with Gasteiger partial charge in [-0.2, -0.15) is 0 Å². The van der Waals surface area contributed by atoms with Crippen LogP contribution in [0.25, 0.3) is 117 Å². The van der Waals surface area contributed by atoms with Crippen molar-refractivity contribution < 1.29 is 4.74 Å². The van der Waals surface area contributed by atoms with Crippen LogP contribution in [-0.4, -0.2) is 18.0 Å². The first-order valence-electron chi connectivity index (χ1n) is 39.8. The molecular weight excluding hydrogens is 1390 g/mol. The SMILES string of the molecule is c1ccc(-c2ccc3c(c2)B2c4cc(-c5ccccc5)ccc4N(c4c(-c5ccccc5)cccc4-c4ccccc4)c4cc5c(c(c42)O3)B2c3ccc(-n4c6ccccc6c6ccccc64)cc3N(c3c(-c4ccccc4)cccc3-c3ccccc3)c3cccc(c32)N5c2c(-c3ccccc3)cccc2-c2ccccc2)cc1. The Morgan fingerprint density at radius 2 is 0.548 bits per heavy atom. The lowest BCUT2D eigenvalue weighted by molar-refractivity contribution is 0.491. The molecule has 0 bridgehead atoms. The minimum Gasteiger partial charge on any atom is -0.459 e. The third-order valence-corrected chi connectivity index (χ3v) is 24.2. The van der Waals surface area contributed by atoms with E-state index in [2.05, 4.69) is 444 Å². The maximum absolute atomic E-state index is 8.47. The van der Waals surface area contributed by atoms with Crippen LogP contribution < -0.4 is 52.2 Å². The average molecular weight is 1460 g/mol. The molecule has 0 aliphatic carbocycles. The second-order valence-electron chi connectivity index (χ2n) is 30.4. The normalized spacial score (nSPS) is 12.7. The van der Waals surface area contributed by atoms with E-state index in [4.69, 9.17) is 4.74 Å². The molecule has 0 saturated heterocycles. The summed E-state index contributed by atoms with van der Waals surface area (Å²) in [7, 11) is 0. The van der Waals surface area contributed by atoms with E-state index in [1.165, 1.54) is 16.2 Å². The van der Waals surface area contributed by atoms with E-state index in [1.807, 2.05) is 0 Å². The molecular formula is C108H70B2N4O. The lowest BCUT2D eigenvalue weighted by Gasteiger charge is -2.48. The van der Waals surface area contributed by atoms with Crippen molar-refractivity contribution in [1.29, 1.82) is 0 Å². The molecule has 1 aromatic heterocycles. The lowest BCUT2D eigenvalue weighted by atomic mass is 9.30. The highest BCUT2D eigenvalue weighted by atomic mass is 16.5. The number of hydrogen-bond donors (Lipinski definition) is 0. The molecule has 0 radical (unpaired) electrons. The van der Waals surface area contributed by atoms with Gasteiger partial charge in [0.25, 0.3) is 13.4 Å². The molecule has 5 heterocycles. The van der Waals surface area contributed by atoms with E-state index >= 15 is 0 Å². The van der Waals surface area contributed by atoms with Crippen molar-refractivity contribution in [2.45, 2.75) is 0 Å². The Hall–Kier alpha value is -14.9. The molecule has 5 nitrogen and oxygen atoms in total. The van der Waals surface area contributed by atoms with Crippen LogP contribution in [0.3, 0.4) is 0 Å². The molecule has 0 saturated carbocycles. The molecule has 0 N–H and O–H groups in total. The van der Waals surface area contributed by atoms with Gasteiger partial charge in [0.1, 0.15) is 11.5 Å². The van der Waals surface area contributed by atoms with Crippen LogP contribution in [0, 0.1) is 0 Å². The average Bonchev–Trinajstić information content (AvgIpc) is 0.717.